The molecule has 0 aliphatic heterocycles. The molecule has 3 aromatic heterocycles. The molecule has 6 nitrogen and oxygen atoms in total. The Morgan fingerprint density at radius 3 is 2.84 bits per heavy atom. The highest BCUT2D eigenvalue weighted by atomic mass is 19.1. The van der Waals surface area contributed by atoms with Crippen LogP contribution >= 0.6 is 0 Å². The molecule has 0 atom stereocenters. The molecule has 0 aliphatic carbocycles. The second kappa shape index (κ2) is 4.13. The van der Waals surface area contributed by atoms with Crippen LogP contribution in [-0.2, 0) is 0 Å². The molecular formula is C12H7FN4O2. The van der Waals surface area contributed by atoms with Crippen molar-refractivity contribution in [2.24, 2.45) is 0 Å². The quantitative estimate of drug-likeness (QED) is 0.731. The zero-order chi connectivity index (χ0) is 13.4. The fraction of sp³-hybridized carbons (Fsp3) is 0. The number of carboxylic acids is 1. The van der Waals surface area contributed by atoms with E-state index in [4.69, 9.17) is 5.11 Å². The number of aromatic nitrogens is 4. The van der Waals surface area contributed by atoms with Gasteiger partial charge in [0.15, 0.2) is 5.65 Å². The number of fused-ring (bicyclic) bond motifs is 1. The van der Waals surface area contributed by atoms with Crippen molar-refractivity contribution in [3.8, 4) is 11.4 Å². The van der Waals surface area contributed by atoms with Crippen LogP contribution < -0.4 is 0 Å². The molecule has 3 heterocycles. The molecular weight excluding hydrogens is 251 g/mol. The third-order valence-electron chi connectivity index (χ3n) is 2.56. The van der Waals surface area contributed by atoms with Crippen LogP contribution in [-0.4, -0.2) is 31.0 Å². The first-order valence-corrected chi connectivity index (χ1v) is 5.33. The first-order chi connectivity index (χ1) is 9.13. The first-order valence-electron chi connectivity index (χ1n) is 5.33. The Kier molecular flexibility index (Phi) is 2.45. The summed E-state index contributed by atoms with van der Waals surface area (Å²) in [5, 5.41) is 8.87. The summed E-state index contributed by atoms with van der Waals surface area (Å²) >= 11 is 0. The molecule has 94 valence electrons. The van der Waals surface area contributed by atoms with Crippen LogP contribution in [0.5, 0.6) is 0 Å². The maximum absolute atomic E-state index is 13.1. The second-order valence-electron chi connectivity index (χ2n) is 3.88. The van der Waals surface area contributed by atoms with Crippen LogP contribution in [0, 0.1) is 5.82 Å². The topological polar surface area (TPSA) is 91.8 Å². The summed E-state index contributed by atoms with van der Waals surface area (Å²) in [5.41, 5.74) is 1.36. The van der Waals surface area contributed by atoms with Gasteiger partial charge < -0.3 is 10.1 Å². The van der Waals surface area contributed by atoms with Crippen molar-refractivity contribution in [2.75, 3.05) is 0 Å². The van der Waals surface area contributed by atoms with Crippen LogP contribution in [0.15, 0.2) is 30.7 Å². The molecule has 0 aliphatic rings. The normalized spacial score (nSPS) is 10.8. The van der Waals surface area contributed by atoms with Crippen molar-refractivity contribution >= 4 is 17.1 Å². The summed E-state index contributed by atoms with van der Waals surface area (Å²) in [6, 6.07) is 2.71. The molecule has 0 radical (unpaired) electrons. The van der Waals surface area contributed by atoms with Crippen molar-refractivity contribution in [3.05, 3.63) is 42.1 Å². The van der Waals surface area contributed by atoms with Crippen LogP contribution in [0.4, 0.5) is 4.39 Å². The molecule has 0 fully saturated rings. The van der Waals surface area contributed by atoms with Crippen LogP contribution in [0.2, 0.25) is 0 Å². The average Bonchev–Trinajstić information content (AvgIpc) is 2.81. The molecule has 0 amide bonds. The van der Waals surface area contributed by atoms with Gasteiger partial charge in [-0.05, 0) is 12.1 Å². The first kappa shape index (κ1) is 11.3. The number of nitrogens with zero attached hydrogens (tertiary/aromatic N) is 3. The lowest BCUT2D eigenvalue weighted by atomic mass is 10.3. The highest BCUT2D eigenvalue weighted by Gasteiger charge is 2.10. The SMILES string of the molecule is O=C(O)c1cnc2nc(-c3cncc(F)c3)[nH]c2c1. The lowest BCUT2D eigenvalue weighted by Gasteiger charge is -1.94. The monoisotopic (exact) mass is 258 g/mol. The van der Waals surface area contributed by atoms with Gasteiger partial charge in [-0.2, -0.15) is 0 Å². The van der Waals surface area contributed by atoms with Gasteiger partial charge in [0.2, 0.25) is 0 Å². The van der Waals surface area contributed by atoms with Crippen molar-refractivity contribution in [2.45, 2.75) is 0 Å². The number of pyridine rings is 2. The van der Waals surface area contributed by atoms with Gasteiger partial charge in [0.1, 0.15) is 11.6 Å². The highest BCUT2D eigenvalue weighted by Crippen LogP contribution is 2.19. The zero-order valence-corrected chi connectivity index (χ0v) is 9.46. The number of aromatic carboxylic acids is 1. The molecule has 0 bridgehead atoms. The van der Waals surface area contributed by atoms with E-state index >= 15 is 0 Å². The van der Waals surface area contributed by atoms with Gasteiger partial charge in [-0.25, -0.2) is 19.2 Å². The maximum Gasteiger partial charge on any atom is 0.337 e. The van der Waals surface area contributed by atoms with Gasteiger partial charge in [0.05, 0.1) is 17.3 Å². The summed E-state index contributed by atoms with van der Waals surface area (Å²) in [5.74, 6) is -1.16. The molecule has 0 saturated carbocycles. The van der Waals surface area contributed by atoms with E-state index in [1.807, 2.05) is 0 Å². The second-order valence-corrected chi connectivity index (χ2v) is 3.88. The van der Waals surface area contributed by atoms with E-state index in [2.05, 4.69) is 19.9 Å². The van der Waals surface area contributed by atoms with E-state index in [1.54, 1.807) is 0 Å². The minimum atomic E-state index is -1.07. The van der Waals surface area contributed by atoms with E-state index in [0.717, 1.165) is 6.20 Å². The van der Waals surface area contributed by atoms with Crippen molar-refractivity contribution in [1.82, 2.24) is 19.9 Å². The number of imidazole rings is 1. The van der Waals surface area contributed by atoms with E-state index in [1.165, 1.54) is 24.5 Å². The Labute approximate surface area is 106 Å². The lowest BCUT2D eigenvalue weighted by Crippen LogP contribution is -1.96. The fourth-order valence-corrected chi connectivity index (χ4v) is 1.70. The number of aromatic amines is 1. The van der Waals surface area contributed by atoms with Crippen molar-refractivity contribution < 1.29 is 14.3 Å². The molecule has 0 aromatic carbocycles. The standard InChI is InChI=1S/C12H7FN4O2/c13-8-1-6(3-14-5-8)10-16-9-2-7(12(18)19)4-15-11(9)17-10/h1-5H,(H,18,19)(H,15,16,17). The van der Waals surface area contributed by atoms with Gasteiger partial charge in [0.25, 0.3) is 0 Å². The Bertz CT molecular complexity index is 784. The highest BCUT2D eigenvalue weighted by molar-refractivity contribution is 5.91. The van der Waals surface area contributed by atoms with E-state index in [9.17, 15) is 9.18 Å². The maximum atomic E-state index is 13.1. The third-order valence-corrected chi connectivity index (χ3v) is 2.56. The predicted molar refractivity (Wildman–Crippen MR) is 64.0 cm³/mol. The average molecular weight is 258 g/mol. The van der Waals surface area contributed by atoms with Gasteiger partial charge in [0, 0.05) is 18.0 Å². The van der Waals surface area contributed by atoms with E-state index in [-0.39, 0.29) is 5.56 Å². The minimum Gasteiger partial charge on any atom is -0.478 e. The number of rotatable bonds is 2. The molecule has 3 rings (SSSR count). The van der Waals surface area contributed by atoms with Crippen LogP contribution in [0.1, 0.15) is 10.4 Å². The Morgan fingerprint density at radius 1 is 1.26 bits per heavy atom. The number of nitrogens with one attached hydrogen (secondary N) is 1. The molecule has 0 saturated heterocycles. The summed E-state index contributed by atoms with van der Waals surface area (Å²) in [6.45, 7) is 0. The molecule has 0 spiro atoms. The van der Waals surface area contributed by atoms with Gasteiger partial charge in [-0.15, -0.1) is 0 Å². The third kappa shape index (κ3) is 2.01. The number of hydrogen-bond acceptors (Lipinski definition) is 4. The Balaban J connectivity index is 2.14. The predicted octanol–water partition coefficient (Wildman–Crippen LogP) is 1.86. The summed E-state index contributed by atoms with van der Waals surface area (Å²) < 4.78 is 13.1. The minimum absolute atomic E-state index is 0.0556. The number of halogens is 1. The summed E-state index contributed by atoms with van der Waals surface area (Å²) in [4.78, 5) is 25.5. The largest absolute Gasteiger partial charge is 0.478 e. The van der Waals surface area contributed by atoms with Gasteiger partial charge in [-0.1, -0.05) is 0 Å². The molecule has 3 aromatic rings. The number of H-pyrrole nitrogens is 1. The number of carbonyl (C=O) groups is 1. The molecule has 2 N–H and O–H groups in total. The molecule has 7 heteroatoms. The Hall–Kier alpha value is -2.83. The Morgan fingerprint density at radius 2 is 2.11 bits per heavy atom. The van der Waals surface area contributed by atoms with Crippen molar-refractivity contribution in [3.63, 3.8) is 0 Å². The van der Waals surface area contributed by atoms with E-state index < -0.39 is 11.8 Å². The lowest BCUT2D eigenvalue weighted by molar-refractivity contribution is 0.0696. The fourth-order valence-electron chi connectivity index (χ4n) is 1.70. The zero-order valence-electron chi connectivity index (χ0n) is 9.46. The summed E-state index contributed by atoms with van der Waals surface area (Å²) in [6.07, 6.45) is 3.77. The molecule has 0 unspecified atom stereocenters. The smallest absolute Gasteiger partial charge is 0.337 e. The van der Waals surface area contributed by atoms with Crippen LogP contribution in [0.3, 0.4) is 0 Å². The van der Waals surface area contributed by atoms with Gasteiger partial charge in [-0.3, -0.25) is 4.98 Å². The number of carboxylic acid groups (broad SMARTS) is 1. The summed E-state index contributed by atoms with van der Waals surface area (Å²) in [7, 11) is 0. The number of hydrogen-bond donors (Lipinski definition) is 2. The van der Waals surface area contributed by atoms with E-state index in [0.29, 0.717) is 22.6 Å². The van der Waals surface area contributed by atoms with Gasteiger partial charge >= 0.3 is 5.97 Å². The van der Waals surface area contributed by atoms with Crippen LogP contribution in [0.25, 0.3) is 22.6 Å². The van der Waals surface area contributed by atoms with Crippen molar-refractivity contribution in [1.29, 1.82) is 0 Å². The molecule has 19 heavy (non-hydrogen) atoms.